The van der Waals surface area contributed by atoms with Gasteiger partial charge in [0.1, 0.15) is 5.75 Å². The van der Waals surface area contributed by atoms with Gasteiger partial charge >= 0.3 is 5.97 Å². The number of anilines is 2. The third kappa shape index (κ3) is 5.79. The summed E-state index contributed by atoms with van der Waals surface area (Å²) in [5.41, 5.74) is 1.81. The van der Waals surface area contributed by atoms with Crippen LogP contribution in [0.5, 0.6) is 5.75 Å². The Morgan fingerprint density at radius 1 is 1.03 bits per heavy atom. The number of hydrogen-bond acceptors (Lipinski definition) is 5. The molecule has 0 aromatic heterocycles. The van der Waals surface area contributed by atoms with Gasteiger partial charge in [-0.2, -0.15) is 0 Å². The first kappa shape index (κ1) is 23.6. The number of carboxylic acid groups (broad SMARTS) is 1. The van der Waals surface area contributed by atoms with Gasteiger partial charge in [-0.15, -0.1) is 0 Å². The van der Waals surface area contributed by atoms with Crippen LogP contribution in [0.15, 0.2) is 42.5 Å². The van der Waals surface area contributed by atoms with Crippen LogP contribution in [0.4, 0.5) is 11.4 Å². The second-order valence-corrected chi connectivity index (χ2v) is 8.72. The number of nitrogens with zero attached hydrogens (tertiary/aromatic N) is 2. The van der Waals surface area contributed by atoms with E-state index in [1.54, 1.807) is 43.5 Å². The van der Waals surface area contributed by atoms with E-state index in [9.17, 15) is 14.7 Å². The van der Waals surface area contributed by atoms with Crippen molar-refractivity contribution in [3.63, 3.8) is 0 Å². The summed E-state index contributed by atoms with van der Waals surface area (Å²) in [4.78, 5) is 29.1. The Bertz CT molecular complexity index is 935. The number of rotatable bonds is 8. The second kappa shape index (κ2) is 10.5. The van der Waals surface area contributed by atoms with Gasteiger partial charge < -0.3 is 20.1 Å². The fourth-order valence-electron chi connectivity index (χ4n) is 4.24. The number of amides is 1. The lowest BCUT2D eigenvalue weighted by atomic mass is 10.0. The molecule has 7 heteroatoms. The molecule has 0 unspecified atom stereocenters. The van der Waals surface area contributed by atoms with E-state index in [0.29, 0.717) is 34.6 Å². The van der Waals surface area contributed by atoms with E-state index in [2.05, 4.69) is 35.9 Å². The molecule has 0 aliphatic carbocycles. The van der Waals surface area contributed by atoms with Crippen LogP contribution >= 0.6 is 0 Å². The monoisotopic (exact) mass is 439 g/mol. The maximum atomic E-state index is 12.5. The van der Waals surface area contributed by atoms with Crippen molar-refractivity contribution >= 4 is 23.3 Å². The number of ether oxygens (including phenoxy) is 1. The van der Waals surface area contributed by atoms with E-state index in [1.807, 2.05) is 0 Å². The highest BCUT2D eigenvalue weighted by Gasteiger charge is 2.24. The van der Waals surface area contributed by atoms with Crippen LogP contribution in [0.3, 0.4) is 0 Å². The van der Waals surface area contributed by atoms with Gasteiger partial charge in [-0.25, -0.2) is 4.79 Å². The zero-order valence-corrected chi connectivity index (χ0v) is 19.3. The Hall–Kier alpha value is -3.06. The molecule has 172 valence electrons. The van der Waals surface area contributed by atoms with Gasteiger partial charge in [-0.3, -0.25) is 9.69 Å². The van der Waals surface area contributed by atoms with Crippen LogP contribution < -0.4 is 15.0 Å². The fourth-order valence-corrected chi connectivity index (χ4v) is 4.24. The molecule has 1 atom stereocenters. The number of carbonyl (C=O) groups is 2. The number of nitrogens with one attached hydrogen (secondary N) is 1. The van der Waals surface area contributed by atoms with E-state index >= 15 is 0 Å². The number of piperazine rings is 1. The molecule has 1 aliphatic rings. The number of methoxy groups -OCH3 is 1. The molecule has 2 aromatic carbocycles. The van der Waals surface area contributed by atoms with Gasteiger partial charge in [-0.1, -0.05) is 13.8 Å². The lowest BCUT2D eigenvalue weighted by Gasteiger charge is -2.40. The van der Waals surface area contributed by atoms with Crippen molar-refractivity contribution in [2.75, 3.05) is 43.5 Å². The highest BCUT2D eigenvalue weighted by atomic mass is 16.5. The van der Waals surface area contributed by atoms with Crippen LogP contribution in [-0.4, -0.2) is 61.2 Å². The van der Waals surface area contributed by atoms with Crippen molar-refractivity contribution in [1.82, 2.24) is 4.90 Å². The van der Waals surface area contributed by atoms with E-state index in [1.165, 1.54) is 6.07 Å². The highest BCUT2D eigenvalue weighted by molar-refractivity contribution is 6.05. The van der Waals surface area contributed by atoms with Gasteiger partial charge in [0, 0.05) is 43.5 Å². The molecule has 1 aliphatic heterocycles. The molecule has 0 saturated carbocycles. The molecule has 3 rings (SSSR count). The van der Waals surface area contributed by atoms with Gasteiger partial charge in [0.25, 0.3) is 5.91 Å². The molecule has 1 heterocycles. The largest absolute Gasteiger partial charge is 0.497 e. The second-order valence-electron chi connectivity index (χ2n) is 8.72. The molecule has 0 radical (unpaired) electrons. The predicted molar refractivity (Wildman–Crippen MR) is 127 cm³/mol. The summed E-state index contributed by atoms with van der Waals surface area (Å²) >= 11 is 0. The molecule has 0 spiro atoms. The Labute approximate surface area is 190 Å². The third-order valence-corrected chi connectivity index (χ3v) is 5.93. The van der Waals surface area contributed by atoms with Crippen LogP contribution in [0.1, 0.15) is 47.9 Å². The molecule has 1 fully saturated rings. The molecule has 2 N–H and O–H groups in total. The Balaban J connectivity index is 1.70. The van der Waals surface area contributed by atoms with E-state index in [4.69, 9.17) is 4.74 Å². The van der Waals surface area contributed by atoms with E-state index in [0.717, 1.165) is 32.6 Å². The smallest absolute Gasteiger partial charge is 0.337 e. The first-order valence-electron chi connectivity index (χ1n) is 11.1. The maximum absolute atomic E-state index is 12.5. The van der Waals surface area contributed by atoms with Crippen LogP contribution in [0.25, 0.3) is 0 Å². The summed E-state index contributed by atoms with van der Waals surface area (Å²) < 4.78 is 5.11. The summed E-state index contributed by atoms with van der Waals surface area (Å²) in [6.45, 7) is 10.1. The van der Waals surface area contributed by atoms with Gasteiger partial charge in [-0.05, 0) is 61.7 Å². The minimum atomic E-state index is -1.00. The number of benzene rings is 2. The SMILES string of the molecule is COc1ccc(C(=O)Nc2ccc(N3CCN([C@@H](C)CC(C)C)CC3)c(C(=O)O)c2)cc1. The standard InChI is InChI=1S/C25H33N3O4/c1-17(2)15-18(3)27-11-13-28(14-12-27)23-10-7-20(16-22(23)25(30)31)26-24(29)19-5-8-21(32-4)9-6-19/h5-10,16-18H,11-15H2,1-4H3,(H,26,29)(H,30,31)/t18-/m0/s1. The normalized spacial score (nSPS) is 15.5. The lowest BCUT2D eigenvalue weighted by Crippen LogP contribution is -2.50. The molecular weight excluding hydrogens is 406 g/mol. The summed E-state index contributed by atoms with van der Waals surface area (Å²) in [5, 5.41) is 12.6. The lowest BCUT2D eigenvalue weighted by molar-refractivity contribution is 0.0696. The molecule has 1 saturated heterocycles. The number of aromatic carboxylic acids is 1. The molecule has 1 amide bonds. The number of carboxylic acids is 1. The Kier molecular flexibility index (Phi) is 7.75. The maximum Gasteiger partial charge on any atom is 0.337 e. The van der Waals surface area contributed by atoms with Crippen LogP contribution in [0.2, 0.25) is 0 Å². The average Bonchev–Trinajstić information content (AvgIpc) is 2.78. The van der Waals surface area contributed by atoms with Gasteiger partial charge in [0.05, 0.1) is 18.4 Å². The van der Waals surface area contributed by atoms with Crippen molar-refractivity contribution in [2.24, 2.45) is 5.92 Å². The predicted octanol–water partition coefficient (Wildman–Crippen LogP) is 4.20. The van der Waals surface area contributed by atoms with Crippen LogP contribution in [-0.2, 0) is 0 Å². The zero-order chi connectivity index (χ0) is 23.3. The average molecular weight is 440 g/mol. The van der Waals surface area contributed by atoms with Gasteiger partial charge in [0.15, 0.2) is 0 Å². The molecule has 32 heavy (non-hydrogen) atoms. The Morgan fingerprint density at radius 2 is 1.69 bits per heavy atom. The van der Waals surface area contributed by atoms with E-state index in [-0.39, 0.29) is 11.5 Å². The molecular formula is C25H33N3O4. The molecule has 7 nitrogen and oxygen atoms in total. The first-order valence-corrected chi connectivity index (χ1v) is 11.1. The summed E-state index contributed by atoms with van der Waals surface area (Å²) in [6, 6.07) is 12.4. The van der Waals surface area contributed by atoms with Crippen molar-refractivity contribution in [3.05, 3.63) is 53.6 Å². The van der Waals surface area contributed by atoms with Crippen molar-refractivity contribution in [3.8, 4) is 5.75 Å². The highest BCUT2D eigenvalue weighted by Crippen LogP contribution is 2.27. The number of hydrogen-bond donors (Lipinski definition) is 2. The van der Waals surface area contributed by atoms with Crippen molar-refractivity contribution < 1.29 is 19.4 Å². The van der Waals surface area contributed by atoms with E-state index < -0.39 is 5.97 Å². The summed E-state index contributed by atoms with van der Waals surface area (Å²) in [7, 11) is 1.57. The number of carbonyl (C=O) groups excluding carboxylic acids is 1. The fraction of sp³-hybridized carbons (Fsp3) is 0.440. The van der Waals surface area contributed by atoms with Crippen LogP contribution in [0, 0.1) is 5.92 Å². The van der Waals surface area contributed by atoms with Crippen molar-refractivity contribution in [2.45, 2.75) is 33.2 Å². The first-order chi connectivity index (χ1) is 15.3. The quantitative estimate of drug-likeness (QED) is 0.642. The van der Waals surface area contributed by atoms with Crippen molar-refractivity contribution in [1.29, 1.82) is 0 Å². The van der Waals surface area contributed by atoms with Gasteiger partial charge in [0.2, 0.25) is 0 Å². The third-order valence-electron chi connectivity index (χ3n) is 5.93. The summed E-state index contributed by atoms with van der Waals surface area (Å²) in [6.07, 6.45) is 1.16. The molecule has 0 bridgehead atoms. The minimum Gasteiger partial charge on any atom is -0.497 e. The Morgan fingerprint density at radius 3 is 2.25 bits per heavy atom. The molecule has 2 aromatic rings. The summed E-state index contributed by atoms with van der Waals surface area (Å²) in [5.74, 6) is 0.0146. The minimum absolute atomic E-state index is 0.196. The zero-order valence-electron chi connectivity index (χ0n) is 19.3. The topological polar surface area (TPSA) is 82.1 Å².